The minimum atomic E-state index is 0.930. The van der Waals surface area contributed by atoms with Crippen molar-refractivity contribution in [2.45, 2.75) is 6.92 Å². The van der Waals surface area contributed by atoms with E-state index in [1.807, 2.05) is 31.2 Å². The van der Waals surface area contributed by atoms with Gasteiger partial charge in [-0.3, -0.25) is 0 Å². The first-order chi connectivity index (χ1) is 13.3. The van der Waals surface area contributed by atoms with Crippen molar-refractivity contribution in [1.29, 1.82) is 0 Å². The van der Waals surface area contributed by atoms with Crippen LogP contribution in [0.1, 0.15) is 5.69 Å². The number of nitrogens with zero attached hydrogens (tertiary/aromatic N) is 2. The molecule has 5 aromatic rings. The van der Waals surface area contributed by atoms with Crippen LogP contribution in [-0.4, -0.2) is 9.97 Å². The minimum Gasteiger partial charge on any atom is -0.249 e. The van der Waals surface area contributed by atoms with Crippen LogP contribution < -0.4 is 0 Å². The van der Waals surface area contributed by atoms with E-state index >= 15 is 0 Å². The lowest BCUT2D eigenvalue weighted by Gasteiger charge is -2.09. The average molecular weight is 346 g/mol. The number of hydrogen-bond acceptors (Lipinski definition) is 2. The van der Waals surface area contributed by atoms with E-state index in [0.29, 0.717) is 0 Å². The van der Waals surface area contributed by atoms with Crippen molar-refractivity contribution in [3.63, 3.8) is 0 Å². The molecule has 0 spiro atoms. The molecule has 27 heavy (non-hydrogen) atoms. The van der Waals surface area contributed by atoms with E-state index in [1.54, 1.807) is 0 Å². The molecular formula is C25H18N2. The molecule has 0 aliphatic rings. The van der Waals surface area contributed by atoms with Gasteiger partial charge in [-0.25, -0.2) is 9.97 Å². The molecule has 4 aromatic carbocycles. The van der Waals surface area contributed by atoms with Gasteiger partial charge in [0.1, 0.15) is 0 Å². The first-order valence-electron chi connectivity index (χ1n) is 9.11. The highest BCUT2D eigenvalue weighted by Crippen LogP contribution is 2.29. The lowest BCUT2D eigenvalue weighted by Crippen LogP contribution is -1.94. The molecule has 0 radical (unpaired) electrons. The molecule has 1 heterocycles. The third kappa shape index (κ3) is 2.85. The molecule has 0 unspecified atom stereocenters. The van der Waals surface area contributed by atoms with Gasteiger partial charge in [0.05, 0.1) is 22.4 Å². The maximum Gasteiger partial charge on any atom is 0.0922 e. The SMILES string of the molecule is Cc1nc2cc3cc(-c4ccccc4)ccc3cc2nc1-c1ccccc1. The number of aromatic nitrogens is 2. The van der Waals surface area contributed by atoms with Crippen LogP contribution in [0.2, 0.25) is 0 Å². The summed E-state index contributed by atoms with van der Waals surface area (Å²) in [5.74, 6) is 0. The first-order valence-corrected chi connectivity index (χ1v) is 9.11. The quantitative estimate of drug-likeness (QED) is 0.344. The van der Waals surface area contributed by atoms with Crippen LogP contribution in [0.4, 0.5) is 0 Å². The highest BCUT2D eigenvalue weighted by atomic mass is 14.8. The van der Waals surface area contributed by atoms with Crippen molar-refractivity contribution < 1.29 is 0 Å². The van der Waals surface area contributed by atoms with Crippen molar-refractivity contribution in [3.8, 4) is 22.4 Å². The summed E-state index contributed by atoms with van der Waals surface area (Å²) in [5, 5.41) is 2.37. The zero-order valence-corrected chi connectivity index (χ0v) is 15.1. The van der Waals surface area contributed by atoms with Gasteiger partial charge in [0.25, 0.3) is 0 Å². The van der Waals surface area contributed by atoms with Crippen molar-refractivity contribution >= 4 is 21.8 Å². The van der Waals surface area contributed by atoms with E-state index in [1.165, 1.54) is 21.9 Å². The number of hydrogen-bond donors (Lipinski definition) is 0. The summed E-state index contributed by atoms with van der Waals surface area (Å²) < 4.78 is 0. The number of rotatable bonds is 2. The molecule has 0 saturated carbocycles. The van der Waals surface area contributed by atoms with Crippen LogP contribution in [0.5, 0.6) is 0 Å². The standard InChI is InChI=1S/C25H18N2/c1-17-25(19-10-6-3-7-11-19)27-24-15-21-13-12-20(18-8-4-2-5-9-18)14-22(21)16-23(24)26-17/h2-16H,1H3. The van der Waals surface area contributed by atoms with E-state index in [9.17, 15) is 0 Å². The Kier molecular flexibility index (Phi) is 3.68. The molecule has 0 saturated heterocycles. The lowest BCUT2D eigenvalue weighted by molar-refractivity contribution is 1.19. The Hall–Kier alpha value is -3.52. The monoisotopic (exact) mass is 346 g/mol. The van der Waals surface area contributed by atoms with Gasteiger partial charge in [0, 0.05) is 5.56 Å². The smallest absolute Gasteiger partial charge is 0.0922 e. The Balaban J connectivity index is 1.69. The van der Waals surface area contributed by atoms with Gasteiger partial charge >= 0.3 is 0 Å². The highest BCUT2D eigenvalue weighted by molar-refractivity contribution is 5.97. The van der Waals surface area contributed by atoms with Gasteiger partial charge in [-0.05, 0) is 47.0 Å². The molecular weight excluding hydrogens is 328 g/mol. The second kappa shape index (κ2) is 6.33. The van der Waals surface area contributed by atoms with E-state index < -0.39 is 0 Å². The van der Waals surface area contributed by atoms with Gasteiger partial charge in [-0.2, -0.15) is 0 Å². The molecule has 0 atom stereocenters. The van der Waals surface area contributed by atoms with Crippen LogP contribution in [0, 0.1) is 6.92 Å². The molecule has 2 nitrogen and oxygen atoms in total. The first kappa shape index (κ1) is 15.7. The fourth-order valence-electron chi connectivity index (χ4n) is 3.57. The third-order valence-corrected chi connectivity index (χ3v) is 4.95. The number of benzene rings is 4. The summed E-state index contributed by atoms with van der Waals surface area (Å²) in [6.07, 6.45) is 0. The Bertz CT molecular complexity index is 1260. The van der Waals surface area contributed by atoms with E-state index in [0.717, 1.165) is 28.0 Å². The van der Waals surface area contributed by atoms with E-state index in [-0.39, 0.29) is 0 Å². The van der Waals surface area contributed by atoms with E-state index in [4.69, 9.17) is 9.97 Å². The highest BCUT2D eigenvalue weighted by Gasteiger charge is 2.09. The van der Waals surface area contributed by atoms with Crippen molar-refractivity contribution in [2.75, 3.05) is 0 Å². The Morgan fingerprint density at radius 1 is 0.519 bits per heavy atom. The molecule has 128 valence electrons. The normalized spacial score (nSPS) is 11.1. The van der Waals surface area contributed by atoms with Gasteiger partial charge < -0.3 is 0 Å². The van der Waals surface area contributed by atoms with Crippen molar-refractivity contribution in [3.05, 3.63) is 96.7 Å². The lowest BCUT2D eigenvalue weighted by atomic mass is 10.0. The second-order valence-corrected chi connectivity index (χ2v) is 6.79. The average Bonchev–Trinajstić information content (AvgIpc) is 2.73. The largest absolute Gasteiger partial charge is 0.249 e. The van der Waals surface area contributed by atoms with Gasteiger partial charge in [-0.1, -0.05) is 72.8 Å². The summed E-state index contributed by atoms with van der Waals surface area (Å²) in [7, 11) is 0. The molecule has 0 amide bonds. The van der Waals surface area contributed by atoms with Gasteiger partial charge in [0.2, 0.25) is 0 Å². The molecule has 0 aliphatic carbocycles. The van der Waals surface area contributed by atoms with Crippen LogP contribution >= 0.6 is 0 Å². The molecule has 0 N–H and O–H groups in total. The Labute approximate surface area is 158 Å². The zero-order valence-electron chi connectivity index (χ0n) is 15.1. The fourth-order valence-corrected chi connectivity index (χ4v) is 3.57. The topological polar surface area (TPSA) is 25.8 Å². The predicted molar refractivity (Wildman–Crippen MR) is 113 cm³/mol. The molecule has 1 aromatic heterocycles. The zero-order chi connectivity index (χ0) is 18.2. The van der Waals surface area contributed by atoms with Crippen LogP contribution in [-0.2, 0) is 0 Å². The Morgan fingerprint density at radius 3 is 1.89 bits per heavy atom. The summed E-state index contributed by atoms with van der Waals surface area (Å²) in [6.45, 7) is 2.03. The van der Waals surface area contributed by atoms with Gasteiger partial charge in [-0.15, -0.1) is 0 Å². The maximum absolute atomic E-state index is 4.91. The van der Waals surface area contributed by atoms with Crippen LogP contribution in [0.15, 0.2) is 91.0 Å². The molecule has 0 aliphatic heterocycles. The fraction of sp³-hybridized carbons (Fsp3) is 0.0400. The van der Waals surface area contributed by atoms with Gasteiger partial charge in [0.15, 0.2) is 0 Å². The molecule has 2 heteroatoms. The summed E-state index contributed by atoms with van der Waals surface area (Å²) in [5.41, 5.74) is 7.30. The predicted octanol–water partition coefficient (Wildman–Crippen LogP) is 6.43. The van der Waals surface area contributed by atoms with E-state index in [2.05, 4.69) is 66.7 Å². The van der Waals surface area contributed by atoms with Crippen LogP contribution in [0.3, 0.4) is 0 Å². The summed E-state index contributed by atoms with van der Waals surface area (Å²) in [4.78, 5) is 9.76. The molecule has 0 bridgehead atoms. The van der Waals surface area contributed by atoms with Crippen molar-refractivity contribution in [2.24, 2.45) is 0 Å². The van der Waals surface area contributed by atoms with Crippen molar-refractivity contribution in [1.82, 2.24) is 9.97 Å². The van der Waals surface area contributed by atoms with Crippen LogP contribution in [0.25, 0.3) is 44.2 Å². The summed E-state index contributed by atoms with van der Waals surface area (Å²) >= 11 is 0. The molecule has 0 fully saturated rings. The third-order valence-electron chi connectivity index (χ3n) is 4.95. The maximum atomic E-state index is 4.91. The minimum absolute atomic E-state index is 0.930. The molecule has 5 rings (SSSR count). The summed E-state index contributed by atoms with van der Waals surface area (Å²) in [6, 6.07) is 31.5. The Morgan fingerprint density at radius 2 is 1.15 bits per heavy atom. The number of aryl methyl sites for hydroxylation is 1. The number of fused-ring (bicyclic) bond motifs is 2. The second-order valence-electron chi connectivity index (χ2n) is 6.79.